The second-order valence-electron chi connectivity index (χ2n) is 9.15. The average molecular weight is 436 g/mol. The van der Waals surface area contributed by atoms with Gasteiger partial charge < -0.3 is 10.2 Å². The summed E-state index contributed by atoms with van der Waals surface area (Å²) in [5.74, 6) is -0.653. The molecule has 2 aromatic carbocycles. The quantitative estimate of drug-likeness (QED) is 0.756. The zero-order valence-corrected chi connectivity index (χ0v) is 18.3. The number of anilines is 2. The third kappa shape index (κ3) is 3.81. The molecule has 0 bridgehead atoms. The molecule has 0 aromatic heterocycles. The van der Waals surface area contributed by atoms with Gasteiger partial charge in [-0.05, 0) is 56.5 Å². The minimum atomic E-state index is -0.772. The van der Waals surface area contributed by atoms with Crippen molar-refractivity contribution in [3.63, 3.8) is 0 Å². The minimum Gasteiger partial charge on any atom is -0.307 e. The van der Waals surface area contributed by atoms with Crippen LogP contribution in [-0.2, 0) is 9.59 Å². The lowest BCUT2D eigenvalue weighted by atomic mass is 9.94. The van der Waals surface area contributed by atoms with E-state index in [1.165, 1.54) is 18.6 Å². The molecule has 0 unspecified atom stereocenters. The highest BCUT2D eigenvalue weighted by Gasteiger charge is 2.46. The number of para-hydroxylation sites is 1. The van der Waals surface area contributed by atoms with Crippen molar-refractivity contribution < 1.29 is 14.0 Å². The molecule has 0 spiro atoms. The maximum absolute atomic E-state index is 14.2. The van der Waals surface area contributed by atoms with Crippen LogP contribution >= 0.6 is 0 Å². The lowest BCUT2D eigenvalue weighted by molar-refractivity contribution is -0.126. The van der Waals surface area contributed by atoms with Crippen LogP contribution in [0.15, 0.2) is 48.5 Å². The van der Waals surface area contributed by atoms with Crippen molar-refractivity contribution in [2.24, 2.45) is 0 Å². The van der Waals surface area contributed by atoms with Gasteiger partial charge in [-0.2, -0.15) is 0 Å². The summed E-state index contributed by atoms with van der Waals surface area (Å²) in [6.07, 6.45) is 8.09. The molecular weight excluding hydrogens is 405 g/mol. The Bertz CT molecular complexity index is 998. The van der Waals surface area contributed by atoms with Gasteiger partial charge in [0.2, 0.25) is 5.91 Å². The second-order valence-corrected chi connectivity index (χ2v) is 9.15. The fourth-order valence-electron chi connectivity index (χ4n) is 5.55. The highest BCUT2D eigenvalue weighted by Crippen LogP contribution is 2.44. The summed E-state index contributed by atoms with van der Waals surface area (Å²) in [4.78, 5) is 31.2. The van der Waals surface area contributed by atoms with Crippen molar-refractivity contribution in [1.82, 2.24) is 5.32 Å². The molecule has 32 heavy (non-hydrogen) atoms. The van der Waals surface area contributed by atoms with Crippen LogP contribution in [0.2, 0.25) is 0 Å². The first-order valence-electron chi connectivity index (χ1n) is 11.9. The Labute approximate surface area is 188 Å². The number of fused-ring (bicyclic) bond motifs is 1. The van der Waals surface area contributed by atoms with E-state index in [1.54, 1.807) is 17.0 Å². The molecule has 2 aliphatic heterocycles. The summed E-state index contributed by atoms with van der Waals surface area (Å²) in [6, 6.07) is 12.8. The average Bonchev–Trinajstić information content (AvgIpc) is 3.12. The number of hydrogen-bond donors (Lipinski definition) is 1. The number of hydrogen-bond acceptors (Lipinski definition) is 3. The molecule has 2 heterocycles. The van der Waals surface area contributed by atoms with Crippen LogP contribution < -0.4 is 15.1 Å². The van der Waals surface area contributed by atoms with Crippen LogP contribution in [0, 0.1) is 5.82 Å². The van der Waals surface area contributed by atoms with Crippen molar-refractivity contribution >= 4 is 23.2 Å². The monoisotopic (exact) mass is 435 g/mol. The van der Waals surface area contributed by atoms with Gasteiger partial charge in [0.05, 0.1) is 6.04 Å². The first-order valence-corrected chi connectivity index (χ1v) is 11.9. The Morgan fingerprint density at radius 2 is 1.75 bits per heavy atom. The summed E-state index contributed by atoms with van der Waals surface area (Å²) in [6.45, 7) is 0.775. The van der Waals surface area contributed by atoms with E-state index in [0.717, 1.165) is 62.7 Å². The molecule has 1 saturated carbocycles. The van der Waals surface area contributed by atoms with Gasteiger partial charge in [0, 0.05) is 23.0 Å². The van der Waals surface area contributed by atoms with Crippen LogP contribution in [0.4, 0.5) is 15.8 Å². The number of amides is 2. The lowest BCUT2D eigenvalue weighted by Gasteiger charge is -2.35. The van der Waals surface area contributed by atoms with E-state index in [0.29, 0.717) is 5.69 Å². The van der Waals surface area contributed by atoms with Gasteiger partial charge in [-0.3, -0.25) is 14.5 Å². The number of nitrogens with zero attached hydrogens (tertiary/aromatic N) is 2. The van der Waals surface area contributed by atoms with Gasteiger partial charge in [-0.25, -0.2) is 4.39 Å². The van der Waals surface area contributed by atoms with Gasteiger partial charge in [-0.1, -0.05) is 49.9 Å². The fraction of sp³-hybridized carbons (Fsp3) is 0.462. The molecule has 1 aliphatic carbocycles. The van der Waals surface area contributed by atoms with Crippen molar-refractivity contribution in [2.45, 2.75) is 69.5 Å². The zero-order chi connectivity index (χ0) is 22.1. The molecule has 168 valence electrons. The molecular formula is C26H30FN3O2. The normalized spacial score (nSPS) is 23.8. The van der Waals surface area contributed by atoms with E-state index in [2.05, 4.69) is 5.32 Å². The third-order valence-corrected chi connectivity index (χ3v) is 7.09. The van der Waals surface area contributed by atoms with Crippen molar-refractivity contribution in [3.05, 3.63) is 59.9 Å². The number of carbonyl (C=O) groups is 2. The molecule has 3 aliphatic rings. The maximum atomic E-state index is 14.2. The third-order valence-electron chi connectivity index (χ3n) is 7.09. The van der Waals surface area contributed by atoms with E-state index in [1.807, 2.05) is 29.2 Å². The molecule has 6 heteroatoms. The highest BCUT2D eigenvalue weighted by atomic mass is 19.1. The number of halogens is 1. The van der Waals surface area contributed by atoms with Gasteiger partial charge in [-0.15, -0.1) is 0 Å². The van der Waals surface area contributed by atoms with Gasteiger partial charge in [0.15, 0.2) is 0 Å². The summed E-state index contributed by atoms with van der Waals surface area (Å²) < 4.78 is 14.2. The van der Waals surface area contributed by atoms with E-state index in [4.69, 9.17) is 0 Å². The largest absolute Gasteiger partial charge is 0.307 e. The molecule has 2 aromatic rings. The van der Waals surface area contributed by atoms with Gasteiger partial charge >= 0.3 is 0 Å². The van der Waals surface area contributed by atoms with Crippen LogP contribution in [0.5, 0.6) is 0 Å². The van der Waals surface area contributed by atoms with Crippen molar-refractivity contribution in [2.75, 3.05) is 16.3 Å². The molecule has 2 fully saturated rings. The Morgan fingerprint density at radius 1 is 0.969 bits per heavy atom. The van der Waals surface area contributed by atoms with Crippen LogP contribution in [-0.4, -0.2) is 30.4 Å². The minimum absolute atomic E-state index is 0.0773. The van der Waals surface area contributed by atoms with Crippen LogP contribution in [0.1, 0.15) is 63.0 Å². The van der Waals surface area contributed by atoms with Crippen molar-refractivity contribution in [1.29, 1.82) is 0 Å². The number of piperidine rings is 1. The van der Waals surface area contributed by atoms with Gasteiger partial charge in [0.25, 0.3) is 5.91 Å². The van der Waals surface area contributed by atoms with Gasteiger partial charge in [0.1, 0.15) is 11.9 Å². The molecule has 2 atom stereocenters. The smallest absolute Gasteiger partial charge is 0.255 e. The maximum Gasteiger partial charge on any atom is 0.255 e. The Kier molecular flexibility index (Phi) is 5.96. The summed E-state index contributed by atoms with van der Waals surface area (Å²) >= 11 is 0. The second kappa shape index (κ2) is 9.02. The first-order chi connectivity index (χ1) is 15.6. The molecule has 0 radical (unpaired) electrons. The van der Waals surface area contributed by atoms with Crippen LogP contribution in [0.3, 0.4) is 0 Å². The Morgan fingerprint density at radius 3 is 2.50 bits per heavy atom. The number of nitrogens with one attached hydrogen (secondary N) is 1. The van der Waals surface area contributed by atoms with E-state index < -0.39 is 11.9 Å². The predicted octanol–water partition coefficient (Wildman–Crippen LogP) is 4.72. The fourth-order valence-corrected chi connectivity index (χ4v) is 5.55. The molecule has 2 amide bonds. The van der Waals surface area contributed by atoms with E-state index in [-0.39, 0.29) is 23.9 Å². The summed E-state index contributed by atoms with van der Waals surface area (Å²) in [7, 11) is 0. The summed E-state index contributed by atoms with van der Waals surface area (Å²) in [5, 5.41) is 3.31. The topological polar surface area (TPSA) is 52.7 Å². The number of benzene rings is 2. The molecule has 5 rings (SSSR count). The standard InChI is InChI=1S/C26H30FN3O2/c27-18-9-8-12-20(17-18)30(25(31)22-14-6-7-16-28-22)24-21-13-4-5-15-23(21)29(26(24)32)19-10-2-1-3-11-19/h4-5,8-9,12-13,15,17,19,22,24,28H,1-3,6-7,10-11,14,16H2/t22-,24+/m1/s1. The number of carbonyl (C=O) groups excluding carboxylic acids is 2. The summed E-state index contributed by atoms with van der Waals surface area (Å²) in [5.41, 5.74) is 2.15. The van der Waals surface area contributed by atoms with E-state index >= 15 is 0 Å². The molecule has 5 nitrogen and oxygen atoms in total. The molecule has 1 saturated heterocycles. The highest BCUT2D eigenvalue weighted by molar-refractivity contribution is 6.12. The predicted molar refractivity (Wildman–Crippen MR) is 123 cm³/mol. The van der Waals surface area contributed by atoms with E-state index in [9.17, 15) is 14.0 Å². The van der Waals surface area contributed by atoms with Crippen LogP contribution in [0.25, 0.3) is 0 Å². The Hall–Kier alpha value is -2.73. The lowest BCUT2D eigenvalue weighted by Crippen LogP contribution is -2.52. The zero-order valence-electron chi connectivity index (χ0n) is 18.3. The SMILES string of the molecule is O=C1[C@@H](N(C(=O)[C@H]2CCCCN2)c2cccc(F)c2)c2ccccc2N1C1CCCCC1. The molecule has 1 N–H and O–H groups in total. The first kappa shape index (κ1) is 21.1. The number of rotatable bonds is 4. The van der Waals surface area contributed by atoms with Crippen molar-refractivity contribution in [3.8, 4) is 0 Å². The Balaban J connectivity index is 1.58.